The first-order valence-corrected chi connectivity index (χ1v) is 11.1. The Labute approximate surface area is 173 Å². The molecule has 158 valence electrons. The molecule has 8 nitrogen and oxygen atoms in total. The second-order valence-electron chi connectivity index (χ2n) is 7.17. The summed E-state index contributed by atoms with van der Waals surface area (Å²) in [6.07, 6.45) is 4.24. The molecule has 1 aliphatic heterocycles. The van der Waals surface area contributed by atoms with Gasteiger partial charge in [0.15, 0.2) is 0 Å². The Kier molecular flexibility index (Phi) is 5.80. The van der Waals surface area contributed by atoms with Crippen molar-refractivity contribution in [3.8, 4) is 0 Å². The van der Waals surface area contributed by atoms with Crippen LogP contribution in [-0.4, -0.2) is 49.0 Å². The molecule has 0 aliphatic carbocycles. The molecule has 2 atom stereocenters. The number of halogens is 1. The molecular weight excluding hydrogens is 409 g/mol. The third-order valence-corrected chi connectivity index (χ3v) is 6.56. The van der Waals surface area contributed by atoms with Gasteiger partial charge in [-0.3, -0.25) is 4.79 Å². The third kappa shape index (κ3) is 4.50. The third-order valence-electron chi connectivity index (χ3n) is 5.05. The van der Waals surface area contributed by atoms with E-state index >= 15 is 0 Å². The zero-order valence-corrected chi connectivity index (χ0v) is 16.9. The lowest BCUT2D eigenvalue weighted by Crippen LogP contribution is -2.50. The molecule has 3 aromatic rings. The van der Waals surface area contributed by atoms with Crippen LogP contribution >= 0.6 is 0 Å². The largest absolute Gasteiger partial charge is 0.348 e. The van der Waals surface area contributed by atoms with Gasteiger partial charge < -0.3 is 15.0 Å². The number of carbonyl (C=O) groups excluding carboxylic acids is 1. The number of pyridine rings is 1. The standard InChI is InChI=1S/C20H22FN5O3S/c21-17-12-22-8-7-18(17)25-30(28,29)16-4-1-14(2-5-16)11-24-20(27)15-3-6-19-23-9-10-26(19)13-15/h1-6,9-10,13,17-18,22,25H,7-8,11-12H2,(H,24,27). The van der Waals surface area contributed by atoms with Crippen LogP contribution in [0.25, 0.3) is 5.65 Å². The van der Waals surface area contributed by atoms with Crippen LogP contribution in [-0.2, 0) is 16.6 Å². The lowest BCUT2D eigenvalue weighted by Gasteiger charge is -2.27. The number of alkyl halides is 1. The Bertz CT molecular complexity index is 1150. The number of piperidine rings is 1. The summed E-state index contributed by atoms with van der Waals surface area (Å²) < 4.78 is 43.1. The second-order valence-corrected chi connectivity index (χ2v) is 8.89. The number of nitrogens with zero attached hydrogens (tertiary/aromatic N) is 2. The van der Waals surface area contributed by atoms with Crippen LogP contribution in [0.15, 0.2) is 59.9 Å². The van der Waals surface area contributed by atoms with Gasteiger partial charge >= 0.3 is 0 Å². The summed E-state index contributed by atoms with van der Waals surface area (Å²) in [5.74, 6) is -0.246. The van der Waals surface area contributed by atoms with E-state index in [0.29, 0.717) is 18.5 Å². The summed E-state index contributed by atoms with van der Waals surface area (Å²) in [4.78, 5) is 16.6. The molecule has 3 N–H and O–H groups in total. The normalized spacial score (nSPS) is 19.6. The molecule has 10 heteroatoms. The number of imidazole rings is 1. The van der Waals surface area contributed by atoms with Crippen molar-refractivity contribution in [2.45, 2.75) is 30.1 Å². The molecule has 2 aromatic heterocycles. The van der Waals surface area contributed by atoms with Crippen LogP contribution in [0.1, 0.15) is 22.3 Å². The predicted octanol–water partition coefficient (Wildman–Crippen LogP) is 1.24. The Balaban J connectivity index is 1.37. The maximum absolute atomic E-state index is 13.9. The first-order valence-electron chi connectivity index (χ1n) is 9.59. The SMILES string of the molecule is O=C(NCc1ccc(S(=O)(=O)NC2CCNCC2F)cc1)c1ccc2nccn2c1. The predicted molar refractivity (Wildman–Crippen MR) is 109 cm³/mol. The van der Waals surface area contributed by atoms with Gasteiger partial charge in [-0.25, -0.2) is 22.5 Å². The number of carbonyl (C=O) groups is 1. The van der Waals surface area contributed by atoms with Crippen LogP contribution in [0.4, 0.5) is 4.39 Å². The minimum atomic E-state index is -3.81. The molecule has 3 heterocycles. The number of hydrogen-bond donors (Lipinski definition) is 3. The summed E-state index contributed by atoms with van der Waals surface area (Å²) in [6.45, 7) is 0.953. The number of benzene rings is 1. The number of amides is 1. The molecule has 1 aromatic carbocycles. The molecule has 4 rings (SSSR count). The fourth-order valence-corrected chi connectivity index (χ4v) is 4.64. The van der Waals surface area contributed by atoms with Crippen LogP contribution in [0, 0.1) is 0 Å². The van der Waals surface area contributed by atoms with Crippen LogP contribution in [0.5, 0.6) is 0 Å². The van der Waals surface area contributed by atoms with Gasteiger partial charge in [0.2, 0.25) is 10.0 Å². The monoisotopic (exact) mass is 431 g/mol. The van der Waals surface area contributed by atoms with E-state index in [2.05, 4.69) is 20.3 Å². The maximum Gasteiger partial charge on any atom is 0.253 e. The molecule has 1 aliphatic rings. The fraction of sp³-hybridized carbons (Fsp3) is 0.300. The Morgan fingerprint density at radius 1 is 1.23 bits per heavy atom. The molecule has 0 radical (unpaired) electrons. The summed E-state index contributed by atoms with van der Waals surface area (Å²) in [5.41, 5.74) is 1.99. The van der Waals surface area contributed by atoms with Gasteiger partial charge in [-0.15, -0.1) is 0 Å². The van der Waals surface area contributed by atoms with Crippen molar-refractivity contribution in [1.82, 2.24) is 24.7 Å². The fourth-order valence-electron chi connectivity index (χ4n) is 3.35. The number of aromatic nitrogens is 2. The van der Waals surface area contributed by atoms with Crippen molar-refractivity contribution < 1.29 is 17.6 Å². The highest BCUT2D eigenvalue weighted by Gasteiger charge is 2.29. The van der Waals surface area contributed by atoms with E-state index in [1.165, 1.54) is 12.1 Å². The number of sulfonamides is 1. The van der Waals surface area contributed by atoms with E-state index in [9.17, 15) is 17.6 Å². The van der Waals surface area contributed by atoms with Crippen molar-refractivity contribution in [3.63, 3.8) is 0 Å². The summed E-state index contributed by atoms with van der Waals surface area (Å²) >= 11 is 0. The summed E-state index contributed by atoms with van der Waals surface area (Å²) in [6, 6.07) is 8.88. The summed E-state index contributed by atoms with van der Waals surface area (Å²) in [5, 5.41) is 5.70. The van der Waals surface area contributed by atoms with Gasteiger partial charge in [0.05, 0.1) is 16.5 Å². The molecule has 1 saturated heterocycles. The molecule has 2 unspecified atom stereocenters. The van der Waals surface area contributed by atoms with E-state index in [4.69, 9.17) is 0 Å². The zero-order valence-electron chi connectivity index (χ0n) is 16.1. The Morgan fingerprint density at radius 2 is 2.03 bits per heavy atom. The minimum absolute atomic E-state index is 0.0638. The van der Waals surface area contributed by atoms with E-state index in [0.717, 1.165) is 11.2 Å². The van der Waals surface area contributed by atoms with Crippen LogP contribution in [0.2, 0.25) is 0 Å². The smallest absolute Gasteiger partial charge is 0.253 e. The van der Waals surface area contributed by atoms with E-state index in [1.54, 1.807) is 47.3 Å². The average Bonchev–Trinajstić information content (AvgIpc) is 3.22. The molecule has 0 bridgehead atoms. The molecule has 0 saturated carbocycles. The quantitative estimate of drug-likeness (QED) is 0.545. The summed E-state index contributed by atoms with van der Waals surface area (Å²) in [7, 11) is -3.81. The van der Waals surface area contributed by atoms with E-state index in [1.807, 2.05) is 0 Å². The number of nitrogens with one attached hydrogen (secondary N) is 3. The van der Waals surface area contributed by atoms with Crippen molar-refractivity contribution in [2.75, 3.05) is 13.1 Å². The maximum atomic E-state index is 13.9. The van der Waals surface area contributed by atoms with Gasteiger partial charge in [0.1, 0.15) is 11.8 Å². The second kappa shape index (κ2) is 8.50. The number of rotatable bonds is 6. The minimum Gasteiger partial charge on any atom is -0.348 e. The number of fused-ring (bicyclic) bond motifs is 1. The van der Waals surface area contributed by atoms with Crippen LogP contribution in [0.3, 0.4) is 0 Å². The molecule has 1 amide bonds. The first-order chi connectivity index (χ1) is 14.4. The highest BCUT2D eigenvalue weighted by Crippen LogP contribution is 2.15. The average molecular weight is 431 g/mol. The number of hydrogen-bond acceptors (Lipinski definition) is 5. The van der Waals surface area contributed by atoms with Crippen molar-refractivity contribution in [2.24, 2.45) is 0 Å². The highest BCUT2D eigenvalue weighted by molar-refractivity contribution is 7.89. The van der Waals surface area contributed by atoms with E-state index < -0.39 is 22.2 Å². The van der Waals surface area contributed by atoms with Crippen LogP contribution < -0.4 is 15.4 Å². The van der Waals surface area contributed by atoms with E-state index in [-0.39, 0.29) is 23.9 Å². The first kappa shape index (κ1) is 20.5. The van der Waals surface area contributed by atoms with Gasteiger partial charge in [-0.2, -0.15) is 0 Å². The topological polar surface area (TPSA) is 105 Å². The van der Waals surface area contributed by atoms with Crippen molar-refractivity contribution in [1.29, 1.82) is 0 Å². The Morgan fingerprint density at radius 3 is 2.80 bits per heavy atom. The molecule has 30 heavy (non-hydrogen) atoms. The molecular formula is C20H22FN5O3S. The van der Waals surface area contributed by atoms with Gasteiger partial charge in [0.25, 0.3) is 5.91 Å². The highest BCUT2D eigenvalue weighted by atomic mass is 32.2. The van der Waals surface area contributed by atoms with Gasteiger partial charge in [-0.1, -0.05) is 12.1 Å². The van der Waals surface area contributed by atoms with Crippen molar-refractivity contribution in [3.05, 3.63) is 66.1 Å². The Hall–Kier alpha value is -2.82. The zero-order chi connectivity index (χ0) is 21.1. The lowest BCUT2D eigenvalue weighted by molar-refractivity contribution is 0.0950. The van der Waals surface area contributed by atoms with Crippen molar-refractivity contribution >= 4 is 21.6 Å². The molecule has 0 spiro atoms. The molecule has 1 fully saturated rings. The van der Waals surface area contributed by atoms with Gasteiger partial charge in [-0.05, 0) is 42.8 Å². The lowest BCUT2D eigenvalue weighted by atomic mass is 10.1. The van der Waals surface area contributed by atoms with Gasteiger partial charge in [0, 0.05) is 31.7 Å².